The molecule has 0 N–H and O–H groups in total. The Morgan fingerprint density at radius 2 is 1.89 bits per heavy atom. The van der Waals surface area contributed by atoms with E-state index in [4.69, 9.17) is 14.6 Å². The SMILES string of the molecule is COc1ccc(CN2Cc3cc(C4CCCCC4)nn3CC2=O)c(OC)c1. The number of benzene rings is 1. The predicted molar refractivity (Wildman–Crippen MR) is 102 cm³/mol. The second-order valence-electron chi connectivity index (χ2n) is 7.48. The molecule has 6 heteroatoms. The third-order valence-electron chi connectivity index (χ3n) is 5.75. The van der Waals surface area contributed by atoms with E-state index in [1.165, 1.54) is 37.8 Å². The molecule has 0 bridgehead atoms. The van der Waals surface area contributed by atoms with Crippen LogP contribution in [0.3, 0.4) is 0 Å². The fourth-order valence-corrected chi connectivity index (χ4v) is 4.18. The molecule has 4 rings (SSSR count). The number of carbonyl (C=O) groups excluding carboxylic acids is 1. The zero-order valence-corrected chi connectivity index (χ0v) is 16.1. The van der Waals surface area contributed by atoms with E-state index >= 15 is 0 Å². The van der Waals surface area contributed by atoms with Crippen LogP contribution in [0.2, 0.25) is 0 Å². The van der Waals surface area contributed by atoms with Crippen molar-refractivity contribution in [3.8, 4) is 11.5 Å². The highest BCUT2D eigenvalue weighted by molar-refractivity contribution is 5.77. The van der Waals surface area contributed by atoms with E-state index in [0.29, 0.717) is 25.6 Å². The normalized spacial score (nSPS) is 17.7. The molecule has 1 saturated carbocycles. The van der Waals surface area contributed by atoms with E-state index in [0.717, 1.165) is 22.8 Å². The third-order valence-corrected chi connectivity index (χ3v) is 5.75. The Kier molecular flexibility index (Phi) is 5.05. The number of rotatable bonds is 5. The summed E-state index contributed by atoms with van der Waals surface area (Å²) in [5, 5.41) is 4.75. The van der Waals surface area contributed by atoms with Gasteiger partial charge in [0.25, 0.3) is 0 Å². The van der Waals surface area contributed by atoms with Crippen molar-refractivity contribution in [1.82, 2.24) is 14.7 Å². The Morgan fingerprint density at radius 3 is 2.63 bits per heavy atom. The molecule has 1 aliphatic carbocycles. The van der Waals surface area contributed by atoms with E-state index in [9.17, 15) is 4.79 Å². The van der Waals surface area contributed by atoms with Gasteiger partial charge in [-0.2, -0.15) is 5.10 Å². The molecule has 144 valence electrons. The quantitative estimate of drug-likeness (QED) is 0.810. The topological polar surface area (TPSA) is 56.6 Å². The summed E-state index contributed by atoms with van der Waals surface area (Å²) in [5.74, 6) is 2.14. The average Bonchev–Trinajstić information content (AvgIpc) is 3.12. The maximum atomic E-state index is 12.7. The Balaban J connectivity index is 1.52. The number of amides is 1. The third kappa shape index (κ3) is 3.66. The van der Waals surface area contributed by atoms with Crippen LogP contribution in [0.25, 0.3) is 0 Å². The zero-order valence-electron chi connectivity index (χ0n) is 16.1. The first-order valence-corrected chi connectivity index (χ1v) is 9.73. The lowest BCUT2D eigenvalue weighted by Crippen LogP contribution is -2.38. The van der Waals surface area contributed by atoms with Crippen molar-refractivity contribution in [2.75, 3.05) is 14.2 Å². The number of hydrogen-bond acceptors (Lipinski definition) is 4. The minimum Gasteiger partial charge on any atom is -0.497 e. The Hall–Kier alpha value is -2.50. The molecule has 0 atom stereocenters. The largest absolute Gasteiger partial charge is 0.497 e. The number of methoxy groups -OCH3 is 2. The van der Waals surface area contributed by atoms with Gasteiger partial charge in [0.2, 0.25) is 5.91 Å². The second kappa shape index (κ2) is 7.62. The van der Waals surface area contributed by atoms with E-state index in [1.807, 2.05) is 27.8 Å². The minimum atomic E-state index is 0.0960. The lowest BCUT2D eigenvalue weighted by atomic mass is 9.87. The number of carbonyl (C=O) groups is 1. The van der Waals surface area contributed by atoms with Gasteiger partial charge >= 0.3 is 0 Å². The van der Waals surface area contributed by atoms with Gasteiger partial charge in [-0.25, -0.2) is 0 Å². The van der Waals surface area contributed by atoms with Crippen molar-refractivity contribution in [3.05, 3.63) is 41.2 Å². The molecule has 1 aromatic heterocycles. The molecule has 1 aromatic carbocycles. The highest BCUT2D eigenvalue weighted by atomic mass is 16.5. The minimum absolute atomic E-state index is 0.0960. The summed E-state index contributed by atoms with van der Waals surface area (Å²) < 4.78 is 12.6. The molecule has 2 aromatic rings. The molecule has 6 nitrogen and oxygen atoms in total. The molecular formula is C21H27N3O3. The van der Waals surface area contributed by atoms with Crippen LogP contribution < -0.4 is 9.47 Å². The molecule has 0 spiro atoms. The number of ether oxygens (including phenoxy) is 2. The van der Waals surface area contributed by atoms with Gasteiger partial charge in [-0.05, 0) is 31.0 Å². The van der Waals surface area contributed by atoms with Crippen molar-refractivity contribution >= 4 is 5.91 Å². The number of aromatic nitrogens is 2. The lowest BCUT2D eigenvalue weighted by Gasteiger charge is -2.28. The van der Waals surface area contributed by atoms with E-state index in [2.05, 4.69) is 6.07 Å². The number of hydrogen-bond donors (Lipinski definition) is 0. The van der Waals surface area contributed by atoms with Gasteiger partial charge in [0.15, 0.2) is 0 Å². The van der Waals surface area contributed by atoms with Crippen LogP contribution in [-0.2, 0) is 24.4 Å². The van der Waals surface area contributed by atoms with Gasteiger partial charge in [-0.3, -0.25) is 9.48 Å². The standard InChI is InChI=1S/C21H27N3O3/c1-26-18-9-8-16(20(11-18)27-2)12-23-13-17-10-19(15-6-4-3-5-7-15)22-24(17)14-21(23)25/h8-11,15H,3-7,12-14H2,1-2H3. The molecule has 0 unspecified atom stereocenters. The fourth-order valence-electron chi connectivity index (χ4n) is 4.18. The molecule has 2 aliphatic rings. The molecule has 2 heterocycles. The number of nitrogens with zero attached hydrogens (tertiary/aromatic N) is 3. The fraction of sp³-hybridized carbons (Fsp3) is 0.524. The highest BCUT2D eigenvalue weighted by Gasteiger charge is 2.27. The molecule has 0 saturated heterocycles. The van der Waals surface area contributed by atoms with Gasteiger partial charge in [0, 0.05) is 24.1 Å². The van der Waals surface area contributed by atoms with Crippen LogP contribution in [0.4, 0.5) is 0 Å². The molecule has 1 fully saturated rings. The summed E-state index contributed by atoms with van der Waals surface area (Å²) in [6, 6.07) is 7.93. The molecule has 0 radical (unpaired) electrons. The first-order chi connectivity index (χ1) is 13.2. The van der Waals surface area contributed by atoms with E-state index < -0.39 is 0 Å². The summed E-state index contributed by atoms with van der Waals surface area (Å²) in [5.41, 5.74) is 3.27. The van der Waals surface area contributed by atoms with Crippen molar-refractivity contribution in [2.45, 2.75) is 57.7 Å². The van der Waals surface area contributed by atoms with E-state index in [1.54, 1.807) is 14.2 Å². The van der Waals surface area contributed by atoms with Crippen LogP contribution in [-0.4, -0.2) is 34.8 Å². The van der Waals surface area contributed by atoms with Crippen molar-refractivity contribution < 1.29 is 14.3 Å². The summed E-state index contributed by atoms with van der Waals surface area (Å²) in [7, 11) is 3.27. The summed E-state index contributed by atoms with van der Waals surface area (Å²) in [6.07, 6.45) is 6.35. The molecular weight excluding hydrogens is 342 g/mol. The lowest BCUT2D eigenvalue weighted by molar-refractivity contribution is -0.135. The van der Waals surface area contributed by atoms with Gasteiger partial charge < -0.3 is 14.4 Å². The second-order valence-corrected chi connectivity index (χ2v) is 7.48. The van der Waals surface area contributed by atoms with Gasteiger partial charge in [-0.1, -0.05) is 19.3 Å². The first-order valence-electron chi connectivity index (χ1n) is 9.73. The first kappa shape index (κ1) is 17.9. The van der Waals surface area contributed by atoms with Gasteiger partial charge in [0.05, 0.1) is 32.2 Å². The van der Waals surface area contributed by atoms with Crippen LogP contribution in [0.15, 0.2) is 24.3 Å². The maximum Gasteiger partial charge on any atom is 0.244 e. The Morgan fingerprint density at radius 1 is 1.07 bits per heavy atom. The summed E-state index contributed by atoms with van der Waals surface area (Å²) >= 11 is 0. The van der Waals surface area contributed by atoms with Crippen LogP contribution in [0.5, 0.6) is 11.5 Å². The van der Waals surface area contributed by atoms with E-state index in [-0.39, 0.29) is 5.91 Å². The summed E-state index contributed by atoms with van der Waals surface area (Å²) in [6.45, 7) is 1.43. The van der Waals surface area contributed by atoms with Crippen molar-refractivity contribution in [1.29, 1.82) is 0 Å². The number of fused-ring (bicyclic) bond motifs is 1. The molecule has 27 heavy (non-hydrogen) atoms. The Bertz CT molecular complexity index is 824. The monoisotopic (exact) mass is 369 g/mol. The molecule has 1 amide bonds. The van der Waals surface area contributed by atoms with Crippen molar-refractivity contribution in [2.24, 2.45) is 0 Å². The zero-order chi connectivity index (χ0) is 18.8. The van der Waals surface area contributed by atoms with Crippen LogP contribution in [0.1, 0.15) is 55.0 Å². The van der Waals surface area contributed by atoms with Crippen LogP contribution in [0, 0.1) is 0 Å². The van der Waals surface area contributed by atoms with Gasteiger partial charge in [-0.15, -0.1) is 0 Å². The summed E-state index contributed by atoms with van der Waals surface area (Å²) in [4.78, 5) is 14.6. The predicted octanol–water partition coefficient (Wildman–Crippen LogP) is 3.49. The highest BCUT2D eigenvalue weighted by Crippen LogP contribution is 2.33. The smallest absolute Gasteiger partial charge is 0.244 e. The Labute approximate surface area is 160 Å². The molecule has 1 aliphatic heterocycles. The van der Waals surface area contributed by atoms with Crippen molar-refractivity contribution in [3.63, 3.8) is 0 Å². The van der Waals surface area contributed by atoms with Crippen LogP contribution >= 0.6 is 0 Å². The average molecular weight is 369 g/mol. The maximum absolute atomic E-state index is 12.7. The van der Waals surface area contributed by atoms with Gasteiger partial charge in [0.1, 0.15) is 18.0 Å².